The molecule has 0 bridgehead atoms. The third-order valence-corrected chi connectivity index (χ3v) is 5.65. The lowest BCUT2D eigenvalue weighted by Gasteiger charge is -2.31. The van der Waals surface area contributed by atoms with Gasteiger partial charge in [0.15, 0.2) is 11.5 Å². The third kappa shape index (κ3) is 3.76. The van der Waals surface area contributed by atoms with Crippen LogP contribution < -0.4 is 4.74 Å². The molecule has 1 fully saturated rings. The van der Waals surface area contributed by atoms with Crippen LogP contribution in [0.15, 0.2) is 61.2 Å². The molecule has 1 aliphatic rings. The average Bonchev–Trinajstić information content (AvgIpc) is 3.24. The molecule has 0 radical (unpaired) electrons. The summed E-state index contributed by atoms with van der Waals surface area (Å²) in [6.45, 7) is 2.82. The topological polar surface area (TPSA) is 68.4 Å². The lowest BCUT2D eigenvalue weighted by atomic mass is 9.97. The number of nitrogens with zero attached hydrogens (tertiary/aromatic N) is 6. The van der Waals surface area contributed by atoms with Crippen LogP contribution in [0.5, 0.6) is 5.88 Å². The van der Waals surface area contributed by atoms with Crippen molar-refractivity contribution in [2.45, 2.75) is 25.3 Å². The Hall–Kier alpha value is -3.32. The first kappa shape index (κ1) is 18.7. The highest BCUT2D eigenvalue weighted by molar-refractivity contribution is 5.63. The van der Waals surface area contributed by atoms with Crippen LogP contribution in [0.1, 0.15) is 30.1 Å². The van der Waals surface area contributed by atoms with E-state index in [1.165, 1.54) is 0 Å². The van der Waals surface area contributed by atoms with Gasteiger partial charge in [0.1, 0.15) is 0 Å². The van der Waals surface area contributed by atoms with Crippen LogP contribution in [0.3, 0.4) is 0 Å². The Morgan fingerprint density at radius 1 is 1.10 bits per heavy atom. The summed E-state index contributed by atoms with van der Waals surface area (Å²) >= 11 is 0. The standard InChI is InChI=1S/C23H24N6O/c1-30-23-20(6-3-11-25-23)15-28-12-4-7-19(14-28)22-26-21-9-8-18(16-29(21)27-22)17-5-2-10-24-13-17/h2-3,5-6,8-11,13,16,19H,4,7,12,14-15H2,1H3. The van der Waals surface area contributed by atoms with Crippen LogP contribution in [-0.2, 0) is 6.54 Å². The van der Waals surface area contributed by atoms with Gasteiger partial charge in [-0.05, 0) is 43.7 Å². The Morgan fingerprint density at radius 3 is 2.90 bits per heavy atom. The molecule has 1 saturated heterocycles. The van der Waals surface area contributed by atoms with Crippen molar-refractivity contribution in [2.24, 2.45) is 0 Å². The van der Waals surface area contributed by atoms with Gasteiger partial charge in [-0.15, -0.1) is 0 Å². The van der Waals surface area contributed by atoms with Crippen molar-refractivity contribution in [3.05, 3.63) is 72.6 Å². The molecule has 0 spiro atoms. The molecular formula is C23H24N6O. The second kappa shape index (κ2) is 8.20. The van der Waals surface area contributed by atoms with Gasteiger partial charge in [-0.25, -0.2) is 14.5 Å². The zero-order valence-electron chi connectivity index (χ0n) is 17.0. The number of piperidine rings is 1. The van der Waals surface area contributed by atoms with E-state index in [0.717, 1.165) is 60.6 Å². The number of ether oxygens (including phenoxy) is 1. The van der Waals surface area contributed by atoms with Crippen molar-refractivity contribution in [1.82, 2.24) is 29.5 Å². The van der Waals surface area contributed by atoms with E-state index in [2.05, 4.69) is 33.1 Å². The summed E-state index contributed by atoms with van der Waals surface area (Å²) in [4.78, 5) is 15.8. The molecule has 0 amide bonds. The van der Waals surface area contributed by atoms with Gasteiger partial charge in [-0.1, -0.05) is 12.1 Å². The minimum atomic E-state index is 0.322. The maximum absolute atomic E-state index is 5.42. The van der Waals surface area contributed by atoms with Gasteiger partial charge in [0, 0.05) is 60.5 Å². The first-order valence-corrected chi connectivity index (χ1v) is 10.3. The molecule has 7 heteroatoms. The fourth-order valence-electron chi connectivity index (χ4n) is 4.16. The summed E-state index contributed by atoms with van der Waals surface area (Å²) in [7, 11) is 1.67. The Balaban J connectivity index is 1.36. The lowest BCUT2D eigenvalue weighted by molar-refractivity contribution is 0.194. The van der Waals surface area contributed by atoms with Gasteiger partial charge < -0.3 is 4.74 Å². The van der Waals surface area contributed by atoms with Gasteiger partial charge in [0.05, 0.1) is 7.11 Å². The van der Waals surface area contributed by atoms with Crippen molar-refractivity contribution < 1.29 is 4.74 Å². The van der Waals surface area contributed by atoms with Gasteiger partial charge in [-0.2, -0.15) is 5.10 Å². The van der Waals surface area contributed by atoms with Gasteiger partial charge in [-0.3, -0.25) is 9.88 Å². The van der Waals surface area contributed by atoms with Crippen molar-refractivity contribution >= 4 is 5.65 Å². The highest BCUT2D eigenvalue weighted by Crippen LogP contribution is 2.28. The van der Waals surface area contributed by atoms with E-state index in [0.29, 0.717) is 11.8 Å². The summed E-state index contributed by atoms with van der Waals surface area (Å²) in [5, 5.41) is 4.82. The normalized spacial score (nSPS) is 17.3. The van der Waals surface area contributed by atoms with Crippen LogP contribution in [0.25, 0.3) is 16.8 Å². The molecule has 0 saturated carbocycles. The molecule has 5 rings (SSSR count). The largest absolute Gasteiger partial charge is 0.481 e. The van der Waals surface area contributed by atoms with E-state index in [1.807, 2.05) is 35.1 Å². The average molecular weight is 400 g/mol. The van der Waals surface area contributed by atoms with Crippen LogP contribution in [0.2, 0.25) is 0 Å². The maximum Gasteiger partial charge on any atom is 0.217 e. The molecule has 152 valence electrons. The van der Waals surface area contributed by atoms with Crippen LogP contribution >= 0.6 is 0 Å². The van der Waals surface area contributed by atoms with Gasteiger partial charge >= 0.3 is 0 Å². The first-order valence-electron chi connectivity index (χ1n) is 10.3. The van der Waals surface area contributed by atoms with E-state index in [4.69, 9.17) is 14.8 Å². The molecule has 4 aromatic heterocycles. The Morgan fingerprint density at radius 2 is 2.03 bits per heavy atom. The predicted molar refractivity (Wildman–Crippen MR) is 114 cm³/mol. The summed E-state index contributed by atoms with van der Waals surface area (Å²) in [5.41, 5.74) is 4.15. The van der Waals surface area contributed by atoms with Gasteiger partial charge in [0.2, 0.25) is 5.88 Å². The number of hydrogen-bond donors (Lipinski definition) is 0. The predicted octanol–water partition coefficient (Wildman–Crippen LogP) is 3.57. The highest BCUT2D eigenvalue weighted by Gasteiger charge is 2.25. The molecule has 1 aliphatic heterocycles. The number of rotatable bonds is 5. The smallest absolute Gasteiger partial charge is 0.217 e. The van der Waals surface area contributed by atoms with Crippen molar-refractivity contribution in [3.8, 4) is 17.0 Å². The van der Waals surface area contributed by atoms with Crippen LogP contribution in [0, 0.1) is 0 Å². The second-order valence-electron chi connectivity index (χ2n) is 7.68. The molecule has 5 heterocycles. The zero-order valence-corrected chi connectivity index (χ0v) is 17.0. The lowest BCUT2D eigenvalue weighted by Crippen LogP contribution is -2.34. The Kier molecular flexibility index (Phi) is 5.11. The van der Waals surface area contributed by atoms with E-state index in [1.54, 1.807) is 19.5 Å². The fraction of sp³-hybridized carbons (Fsp3) is 0.304. The Bertz CT molecular complexity index is 1140. The molecule has 4 aromatic rings. The number of fused-ring (bicyclic) bond motifs is 1. The monoisotopic (exact) mass is 400 g/mol. The summed E-state index contributed by atoms with van der Waals surface area (Å²) in [6, 6.07) is 12.1. The molecule has 7 nitrogen and oxygen atoms in total. The van der Waals surface area contributed by atoms with Crippen molar-refractivity contribution in [2.75, 3.05) is 20.2 Å². The molecule has 30 heavy (non-hydrogen) atoms. The summed E-state index contributed by atoms with van der Waals surface area (Å²) < 4.78 is 7.31. The number of pyridine rings is 3. The molecule has 1 atom stereocenters. The minimum absolute atomic E-state index is 0.322. The fourth-order valence-corrected chi connectivity index (χ4v) is 4.16. The number of hydrogen-bond acceptors (Lipinski definition) is 6. The molecule has 1 unspecified atom stereocenters. The van der Waals surface area contributed by atoms with E-state index in [-0.39, 0.29) is 0 Å². The minimum Gasteiger partial charge on any atom is -0.481 e. The van der Waals surface area contributed by atoms with Crippen LogP contribution in [0.4, 0.5) is 0 Å². The number of likely N-dealkylation sites (tertiary alicyclic amines) is 1. The van der Waals surface area contributed by atoms with E-state index < -0.39 is 0 Å². The number of methoxy groups -OCH3 is 1. The molecular weight excluding hydrogens is 376 g/mol. The van der Waals surface area contributed by atoms with E-state index >= 15 is 0 Å². The summed E-state index contributed by atoms with van der Waals surface area (Å²) in [6.07, 6.45) is 9.68. The Labute approximate surface area is 175 Å². The van der Waals surface area contributed by atoms with Crippen LogP contribution in [-0.4, -0.2) is 49.7 Å². The highest BCUT2D eigenvalue weighted by atomic mass is 16.5. The SMILES string of the molecule is COc1ncccc1CN1CCCC(c2nc3ccc(-c4cccnc4)cn3n2)C1. The quantitative estimate of drug-likeness (QED) is 0.510. The maximum atomic E-state index is 5.42. The second-order valence-corrected chi connectivity index (χ2v) is 7.68. The molecule has 0 aromatic carbocycles. The number of aromatic nitrogens is 5. The van der Waals surface area contributed by atoms with Crippen molar-refractivity contribution in [3.63, 3.8) is 0 Å². The molecule has 0 N–H and O–H groups in total. The summed E-state index contributed by atoms with van der Waals surface area (Å²) in [5.74, 6) is 1.94. The zero-order chi connectivity index (χ0) is 20.3. The third-order valence-electron chi connectivity index (χ3n) is 5.65. The first-order chi connectivity index (χ1) is 14.8. The van der Waals surface area contributed by atoms with Crippen molar-refractivity contribution in [1.29, 1.82) is 0 Å². The van der Waals surface area contributed by atoms with E-state index in [9.17, 15) is 0 Å². The molecule has 0 aliphatic carbocycles. The van der Waals surface area contributed by atoms with Gasteiger partial charge in [0.25, 0.3) is 0 Å².